The molecule has 0 radical (unpaired) electrons. The molecule has 4 heterocycles. The third-order valence-electron chi connectivity index (χ3n) is 8.34. The van der Waals surface area contributed by atoms with Gasteiger partial charge in [0, 0.05) is 51.4 Å². The molecule has 0 saturated carbocycles. The average Bonchev–Trinajstić information content (AvgIpc) is 3.00. The highest BCUT2D eigenvalue weighted by Gasteiger charge is 2.45. The SMILES string of the molecule is O=C1CCC(c2ccc(CC3(OC4(Cc5ccc(C6=NNC(=O)CC6)cc5)CCCCO4)CCCCO3)cc2)=NN1. The molecule has 0 aliphatic carbocycles. The summed E-state index contributed by atoms with van der Waals surface area (Å²) in [5, 5.41) is 8.46. The number of hydrogen-bond donors (Lipinski definition) is 2. The van der Waals surface area contributed by atoms with E-state index >= 15 is 0 Å². The molecule has 4 aliphatic heterocycles. The minimum absolute atomic E-state index is 0.0395. The topological polar surface area (TPSA) is 111 Å². The maximum absolute atomic E-state index is 11.5. The number of hydrazone groups is 2. The summed E-state index contributed by atoms with van der Waals surface area (Å²) in [6.45, 7) is 1.33. The van der Waals surface area contributed by atoms with Crippen LogP contribution in [0.2, 0.25) is 0 Å². The number of carbonyl (C=O) groups is 2. The lowest BCUT2D eigenvalue weighted by molar-refractivity contribution is -0.376. The molecule has 6 rings (SSSR count). The molecule has 2 unspecified atom stereocenters. The largest absolute Gasteiger partial charge is 0.349 e. The highest BCUT2D eigenvalue weighted by molar-refractivity contribution is 6.04. The van der Waals surface area contributed by atoms with Gasteiger partial charge in [-0.2, -0.15) is 10.2 Å². The number of nitrogens with zero attached hydrogens (tertiary/aromatic N) is 2. The van der Waals surface area contributed by atoms with Crippen molar-refractivity contribution in [1.29, 1.82) is 0 Å². The molecular formula is C32H38N4O5. The Balaban J connectivity index is 1.19. The van der Waals surface area contributed by atoms with Crippen molar-refractivity contribution < 1.29 is 23.8 Å². The van der Waals surface area contributed by atoms with Crippen LogP contribution in [0.4, 0.5) is 0 Å². The first-order chi connectivity index (χ1) is 20.0. The van der Waals surface area contributed by atoms with Crippen molar-refractivity contribution >= 4 is 23.2 Å². The van der Waals surface area contributed by atoms with Crippen LogP contribution in [-0.2, 0) is 36.6 Å². The molecule has 2 N–H and O–H groups in total. The monoisotopic (exact) mass is 558 g/mol. The summed E-state index contributed by atoms with van der Waals surface area (Å²) in [7, 11) is 0. The molecule has 9 heteroatoms. The van der Waals surface area contributed by atoms with E-state index < -0.39 is 11.6 Å². The van der Waals surface area contributed by atoms with Gasteiger partial charge in [0.05, 0.1) is 24.6 Å². The van der Waals surface area contributed by atoms with Crippen LogP contribution in [0.5, 0.6) is 0 Å². The summed E-state index contributed by atoms with van der Waals surface area (Å²) < 4.78 is 20.0. The van der Waals surface area contributed by atoms with Gasteiger partial charge in [0.15, 0.2) is 11.6 Å². The summed E-state index contributed by atoms with van der Waals surface area (Å²) in [4.78, 5) is 22.9. The summed E-state index contributed by atoms with van der Waals surface area (Å²) in [5.41, 5.74) is 11.3. The lowest BCUT2D eigenvalue weighted by atomic mass is 9.92. The fourth-order valence-corrected chi connectivity index (χ4v) is 6.12. The zero-order valence-electron chi connectivity index (χ0n) is 23.5. The van der Waals surface area contributed by atoms with Crippen LogP contribution < -0.4 is 10.9 Å². The highest BCUT2D eigenvalue weighted by atomic mass is 16.8. The van der Waals surface area contributed by atoms with Crippen molar-refractivity contribution in [2.24, 2.45) is 10.2 Å². The van der Waals surface area contributed by atoms with Crippen molar-refractivity contribution in [2.75, 3.05) is 13.2 Å². The number of rotatable bonds is 8. The molecule has 0 aromatic heterocycles. The van der Waals surface area contributed by atoms with Gasteiger partial charge in [-0.3, -0.25) is 9.59 Å². The first-order valence-corrected chi connectivity index (χ1v) is 14.9. The standard InChI is InChI=1S/C32H38N4O5/c37-29-15-13-27(33-35-29)25-9-5-23(6-10-25)21-31(17-1-3-19-39-31)41-32(18-2-4-20-40-32)22-24-7-11-26(12-8-24)28-14-16-30(38)36-34-28/h5-12H,1-4,13-22H2,(H,35,37)(H,36,38). The number of amides is 2. The van der Waals surface area contributed by atoms with Crippen molar-refractivity contribution in [2.45, 2.75) is 88.6 Å². The first kappa shape index (κ1) is 27.8. The van der Waals surface area contributed by atoms with Crippen LogP contribution in [0.3, 0.4) is 0 Å². The predicted octanol–water partition coefficient (Wildman–Crippen LogP) is 4.51. The van der Waals surface area contributed by atoms with Crippen LogP contribution in [0.1, 0.15) is 86.5 Å². The molecule has 0 spiro atoms. The van der Waals surface area contributed by atoms with Gasteiger partial charge in [0.25, 0.3) is 0 Å². The lowest BCUT2D eigenvalue weighted by Crippen LogP contribution is -2.53. The Hall–Kier alpha value is -3.40. The number of benzene rings is 2. The maximum atomic E-state index is 11.5. The lowest BCUT2D eigenvalue weighted by Gasteiger charge is -2.47. The van der Waals surface area contributed by atoms with E-state index in [9.17, 15) is 9.59 Å². The van der Waals surface area contributed by atoms with Gasteiger partial charge in [-0.1, -0.05) is 48.5 Å². The zero-order chi connectivity index (χ0) is 28.1. The maximum Gasteiger partial charge on any atom is 0.240 e. The molecule has 216 valence electrons. The normalized spacial score (nSPS) is 26.9. The highest BCUT2D eigenvalue weighted by Crippen LogP contribution is 2.40. The van der Waals surface area contributed by atoms with Crippen LogP contribution in [-0.4, -0.2) is 48.0 Å². The van der Waals surface area contributed by atoms with Crippen molar-refractivity contribution in [1.82, 2.24) is 10.9 Å². The van der Waals surface area contributed by atoms with Gasteiger partial charge >= 0.3 is 0 Å². The number of nitrogens with one attached hydrogen (secondary N) is 2. The van der Waals surface area contributed by atoms with E-state index in [1.165, 1.54) is 0 Å². The third-order valence-corrected chi connectivity index (χ3v) is 8.34. The van der Waals surface area contributed by atoms with Crippen molar-refractivity contribution in [3.8, 4) is 0 Å². The molecule has 2 fully saturated rings. The second kappa shape index (κ2) is 12.2. The minimum atomic E-state index is -0.761. The Morgan fingerprint density at radius 1 is 0.634 bits per heavy atom. The molecule has 0 bridgehead atoms. The van der Waals surface area contributed by atoms with E-state index in [1.54, 1.807) is 0 Å². The molecule has 2 aromatic rings. The van der Waals surface area contributed by atoms with E-state index in [-0.39, 0.29) is 11.8 Å². The molecule has 9 nitrogen and oxygen atoms in total. The Labute approximate surface area is 240 Å². The van der Waals surface area contributed by atoms with Crippen LogP contribution in [0, 0.1) is 0 Å². The van der Waals surface area contributed by atoms with Gasteiger partial charge in [0.1, 0.15) is 0 Å². The second-order valence-corrected chi connectivity index (χ2v) is 11.5. The van der Waals surface area contributed by atoms with Crippen molar-refractivity contribution in [3.05, 3.63) is 70.8 Å². The van der Waals surface area contributed by atoms with Crippen molar-refractivity contribution in [3.63, 3.8) is 0 Å². The molecular weight excluding hydrogens is 520 g/mol. The Bertz CT molecular complexity index is 1210. The van der Waals surface area contributed by atoms with Crippen LogP contribution in [0.25, 0.3) is 0 Å². The summed E-state index contributed by atoms with van der Waals surface area (Å²) in [5.74, 6) is -1.60. The summed E-state index contributed by atoms with van der Waals surface area (Å²) in [6.07, 6.45) is 9.22. The zero-order valence-corrected chi connectivity index (χ0v) is 23.5. The van der Waals surface area contributed by atoms with Gasteiger partial charge in [-0.05, 0) is 47.9 Å². The van der Waals surface area contributed by atoms with E-state index in [0.29, 0.717) is 51.7 Å². The van der Waals surface area contributed by atoms with Crippen LogP contribution >= 0.6 is 0 Å². The smallest absolute Gasteiger partial charge is 0.240 e. The molecule has 2 aromatic carbocycles. The first-order valence-electron chi connectivity index (χ1n) is 14.9. The molecule has 41 heavy (non-hydrogen) atoms. The number of carbonyl (C=O) groups excluding carboxylic acids is 2. The van der Waals surface area contributed by atoms with Gasteiger partial charge in [-0.15, -0.1) is 0 Å². The molecule has 4 aliphatic rings. The predicted molar refractivity (Wildman–Crippen MR) is 154 cm³/mol. The quantitative estimate of drug-likeness (QED) is 0.495. The fourth-order valence-electron chi connectivity index (χ4n) is 6.12. The molecule has 2 atom stereocenters. The fraction of sp³-hybridized carbons (Fsp3) is 0.500. The average molecular weight is 559 g/mol. The van der Waals surface area contributed by atoms with E-state index in [0.717, 1.165) is 72.2 Å². The number of ether oxygens (including phenoxy) is 3. The Morgan fingerprint density at radius 3 is 1.41 bits per heavy atom. The van der Waals surface area contributed by atoms with Gasteiger partial charge in [-0.25, -0.2) is 10.9 Å². The molecule has 2 amide bonds. The molecule has 2 saturated heterocycles. The Morgan fingerprint density at radius 2 is 1.07 bits per heavy atom. The van der Waals surface area contributed by atoms with E-state index in [1.807, 2.05) is 0 Å². The second-order valence-electron chi connectivity index (χ2n) is 11.5. The third kappa shape index (κ3) is 6.74. The number of hydrogen-bond acceptors (Lipinski definition) is 7. The van der Waals surface area contributed by atoms with Gasteiger partial charge < -0.3 is 14.2 Å². The summed E-state index contributed by atoms with van der Waals surface area (Å²) >= 11 is 0. The minimum Gasteiger partial charge on any atom is -0.349 e. The Kier molecular flexibility index (Phi) is 8.27. The van der Waals surface area contributed by atoms with E-state index in [4.69, 9.17) is 14.2 Å². The van der Waals surface area contributed by atoms with Crippen LogP contribution in [0.15, 0.2) is 58.7 Å². The van der Waals surface area contributed by atoms with E-state index in [2.05, 4.69) is 69.6 Å². The summed E-state index contributed by atoms with van der Waals surface area (Å²) in [6, 6.07) is 16.7. The van der Waals surface area contributed by atoms with Gasteiger partial charge in [0.2, 0.25) is 11.8 Å².